The van der Waals surface area contributed by atoms with Crippen LogP contribution in [0.25, 0.3) is 0 Å². The Labute approximate surface area is 161 Å². The van der Waals surface area contributed by atoms with Crippen molar-refractivity contribution in [3.8, 4) is 0 Å². The van der Waals surface area contributed by atoms with E-state index in [1.54, 1.807) is 0 Å². The summed E-state index contributed by atoms with van der Waals surface area (Å²) in [5, 5.41) is 6.26. The van der Waals surface area contributed by atoms with Crippen LogP contribution < -0.4 is 10.6 Å². The summed E-state index contributed by atoms with van der Waals surface area (Å²) in [5.74, 6) is 1.54. The summed E-state index contributed by atoms with van der Waals surface area (Å²) in [4.78, 5) is 20.9. The number of guanidine groups is 1. The van der Waals surface area contributed by atoms with E-state index < -0.39 is 10.8 Å². The molecule has 0 aromatic rings. The molecule has 0 radical (unpaired) electrons. The number of hydrogen-bond donors (Lipinski definition) is 2. The van der Waals surface area contributed by atoms with E-state index in [2.05, 4.69) is 32.3 Å². The van der Waals surface area contributed by atoms with Gasteiger partial charge >= 0.3 is 0 Å². The van der Waals surface area contributed by atoms with Crippen molar-refractivity contribution in [1.29, 1.82) is 0 Å². The topological polar surface area (TPSA) is 77.0 Å². The maximum atomic E-state index is 12.2. The summed E-state index contributed by atoms with van der Waals surface area (Å²) in [6.45, 7) is 17.1. The second-order valence-electron chi connectivity index (χ2n) is 7.88. The maximum Gasteiger partial charge on any atom is 0.234 e. The van der Waals surface area contributed by atoms with Crippen LogP contribution in [-0.2, 0) is 15.6 Å². The third-order valence-corrected chi connectivity index (χ3v) is 5.96. The van der Waals surface area contributed by atoms with Gasteiger partial charge in [-0.05, 0) is 41.5 Å². The van der Waals surface area contributed by atoms with Crippen LogP contribution in [-0.4, -0.2) is 88.2 Å². The second-order valence-corrected chi connectivity index (χ2v) is 10.2. The molecule has 7 nitrogen and oxygen atoms in total. The van der Waals surface area contributed by atoms with Crippen molar-refractivity contribution in [3.63, 3.8) is 0 Å². The zero-order chi connectivity index (χ0) is 19.7. The summed E-state index contributed by atoms with van der Waals surface area (Å²) in [6.07, 6.45) is 0. The van der Waals surface area contributed by atoms with Crippen LogP contribution >= 0.6 is 0 Å². The third-order valence-electron chi connectivity index (χ3n) is 4.04. The summed E-state index contributed by atoms with van der Waals surface area (Å²) < 4.78 is 12.0. The smallest absolute Gasteiger partial charge is 0.234 e. The van der Waals surface area contributed by atoms with Gasteiger partial charge in [0.05, 0.1) is 13.1 Å². The SMILES string of the molecule is CCNC(=NCCS(=O)C(C)(C)C)N1CCN(CC(=O)NC(C)C)CC1. The molecule has 1 aliphatic heterocycles. The van der Waals surface area contributed by atoms with Crippen molar-refractivity contribution in [2.75, 3.05) is 51.6 Å². The molecule has 1 amide bonds. The van der Waals surface area contributed by atoms with E-state index in [0.717, 1.165) is 38.7 Å². The Morgan fingerprint density at radius 1 is 1.19 bits per heavy atom. The number of hydrogen-bond acceptors (Lipinski definition) is 4. The van der Waals surface area contributed by atoms with E-state index in [-0.39, 0.29) is 16.7 Å². The number of carbonyl (C=O) groups is 1. The van der Waals surface area contributed by atoms with Crippen molar-refractivity contribution in [2.45, 2.75) is 52.3 Å². The molecule has 0 aliphatic carbocycles. The minimum atomic E-state index is -0.886. The molecule has 1 heterocycles. The molecule has 1 unspecified atom stereocenters. The van der Waals surface area contributed by atoms with Crippen LogP contribution in [0.1, 0.15) is 41.5 Å². The number of amides is 1. The van der Waals surface area contributed by atoms with Gasteiger partial charge in [-0.15, -0.1) is 0 Å². The molecule has 2 N–H and O–H groups in total. The molecule has 0 spiro atoms. The molecule has 0 saturated carbocycles. The predicted octanol–water partition coefficient (Wildman–Crippen LogP) is 0.641. The number of nitrogens with zero attached hydrogens (tertiary/aromatic N) is 3. The zero-order valence-electron chi connectivity index (χ0n) is 17.3. The Balaban J connectivity index is 2.50. The molecule has 0 bridgehead atoms. The van der Waals surface area contributed by atoms with Gasteiger partial charge in [0.2, 0.25) is 5.91 Å². The van der Waals surface area contributed by atoms with Crippen molar-refractivity contribution in [1.82, 2.24) is 20.4 Å². The molecular weight excluding hydrogens is 350 g/mol. The van der Waals surface area contributed by atoms with Crippen LogP contribution in [0.3, 0.4) is 0 Å². The fourth-order valence-electron chi connectivity index (χ4n) is 2.65. The molecule has 152 valence electrons. The highest BCUT2D eigenvalue weighted by Gasteiger charge is 2.22. The Hall–Kier alpha value is -1.15. The highest BCUT2D eigenvalue weighted by atomic mass is 32.2. The van der Waals surface area contributed by atoms with Crippen LogP contribution in [0.4, 0.5) is 0 Å². The average molecular weight is 388 g/mol. The van der Waals surface area contributed by atoms with E-state index in [0.29, 0.717) is 18.8 Å². The summed E-state index contributed by atoms with van der Waals surface area (Å²) in [6, 6.07) is 0.176. The van der Waals surface area contributed by atoms with Gasteiger partial charge in [0.1, 0.15) is 0 Å². The number of aliphatic imine (C=N–C) groups is 1. The first-order valence-corrected chi connectivity index (χ1v) is 10.9. The summed E-state index contributed by atoms with van der Waals surface area (Å²) >= 11 is 0. The molecule has 1 atom stereocenters. The lowest BCUT2D eigenvalue weighted by Gasteiger charge is -2.36. The van der Waals surface area contributed by atoms with Gasteiger partial charge in [-0.25, -0.2) is 0 Å². The number of carbonyl (C=O) groups excluding carboxylic acids is 1. The van der Waals surface area contributed by atoms with Gasteiger partial charge in [-0.2, -0.15) is 0 Å². The van der Waals surface area contributed by atoms with Crippen molar-refractivity contribution in [2.24, 2.45) is 4.99 Å². The van der Waals surface area contributed by atoms with Gasteiger partial charge in [0.15, 0.2) is 5.96 Å². The normalized spacial score (nSPS) is 18.1. The molecule has 1 aliphatic rings. The van der Waals surface area contributed by atoms with Gasteiger partial charge in [-0.1, -0.05) is 0 Å². The molecule has 0 aromatic carbocycles. The molecule has 1 saturated heterocycles. The summed E-state index contributed by atoms with van der Waals surface area (Å²) in [5.41, 5.74) is 0. The second kappa shape index (κ2) is 10.9. The third kappa shape index (κ3) is 8.49. The van der Waals surface area contributed by atoms with Gasteiger partial charge in [0.25, 0.3) is 0 Å². The number of rotatable bonds is 7. The van der Waals surface area contributed by atoms with Crippen LogP contribution in [0.5, 0.6) is 0 Å². The number of piperazine rings is 1. The molecular formula is C18H37N5O2S. The molecule has 1 fully saturated rings. The molecule has 1 rings (SSSR count). The fourth-order valence-corrected chi connectivity index (χ4v) is 3.52. The van der Waals surface area contributed by atoms with E-state index >= 15 is 0 Å². The van der Waals surface area contributed by atoms with Crippen molar-refractivity contribution in [3.05, 3.63) is 0 Å². The monoisotopic (exact) mass is 387 g/mol. The Bertz CT molecular complexity index is 494. The minimum Gasteiger partial charge on any atom is -0.357 e. The van der Waals surface area contributed by atoms with E-state index in [1.165, 1.54) is 0 Å². The lowest BCUT2D eigenvalue weighted by Crippen LogP contribution is -2.54. The molecule has 8 heteroatoms. The van der Waals surface area contributed by atoms with E-state index in [9.17, 15) is 9.00 Å². The van der Waals surface area contributed by atoms with Crippen LogP contribution in [0.2, 0.25) is 0 Å². The minimum absolute atomic E-state index is 0.0821. The first-order chi connectivity index (χ1) is 12.1. The van der Waals surface area contributed by atoms with E-state index in [4.69, 9.17) is 0 Å². The van der Waals surface area contributed by atoms with Gasteiger partial charge < -0.3 is 15.5 Å². The zero-order valence-corrected chi connectivity index (χ0v) is 18.1. The number of nitrogens with one attached hydrogen (secondary N) is 2. The van der Waals surface area contributed by atoms with Gasteiger partial charge in [-0.3, -0.25) is 18.9 Å². The largest absolute Gasteiger partial charge is 0.357 e. The highest BCUT2D eigenvalue weighted by Crippen LogP contribution is 2.11. The first-order valence-electron chi connectivity index (χ1n) is 9.57. The Morgan fingerprint density at radius 2 is 1.81 bits per heavy atom. The lowest BCUT2D eigenvalue weighted by atomic mass is 10.3. The quantitative estimate of drug-likeness (QED) is 0.495. The highest BCUT2D eigenvalue weighted by molar-refractivity contribution is 7.86. The standard InChI is InChI=1S/C18H37N5O2S/c1-7-19-17(20-8-13-26(25)18(4,5)6)23-11-9-22(10-12-23)14-16(24)21-15(2)3/h15H,7-14H2,1-6H3,(H,19,20)(H,21,24). The van der Waals surface area contributed by atoms with Crippen LogP contribution in [0.15, 0.2) is 4.99 Å². The summed E-state index contributed by atoms with van der Waals surface area (Å²) in [7, 11) is -0.886. The predicted molar refractivity (Wildman–Crippen MR) is 110 cm³/mol. The van der Waals surface area contributed by atoms with E-state index in [1.807, 2.05) is 34.6 Å². The maximum absolute atomic E-state index is 12.2. The molecule has 26 heavy (non-hydrogen) atoms. The lowest BCUT2D eigenvalue weighted by molar-refractivity contribution is -0.123. The van der Waals surface area contributed by atoms with Crippen LogP contribution in [0, 0.1) is 0 Å². The van der Waals surface area contributed by atoms with Crippen molar-refractivity contribution < 1.29 is 9.00 Å². The Morgan fingerprint density at radius 3 is 2.31 bits per heavy atom. The van der Waals surface area contributed by atoms with Crippen molar-refractivity contribution >= 4 is 22.7 Å². The molecule has 0 aromatic heterocycles. The fraction of sp³-hybridized carbons (Fsp3) is 0.889. The first kappa shape index (κ1) is 22.9. The Kier molecular flexibility index (Phi) is 9.57. The van der Waals surface area contributed by atoms with Gasteiger partial charge in [0, 0.05) is 60.1 Å². The average Bonchev–Trinajstić information content (AvgIpc) is 2.53.